The number of anilines is 4. The van der Waals surface area contributed by atoms with Gasteiger partial charge in [-0.25, -0.2) is 0 Å². The number of morpholine rings is 2. The van der Waals surface area contributed by atoms with Crippen LogP contribution in [0.3, 0.4) is 0 Å². The summed E-state index contributed by atoms with van der Waals surface area (Å²) in [6, 6.07) is 13.4. The largest absolute Gasteiger partial charge is 0.378 e. The molecule has 0 aromatic heterocycles. The fraction of sp³-hybridized carbons (Fsp3) is 0.440. The number of halogens is 1. The number of hydrogen-bond acceptors (Lipinski definition) is 6. The van der Waals surface area contributed by atoms with Crippen LogP contribution < -0.4 is 20.0 Å². The molecule has 3 fully saturated rings. The number of nitrogens with zero attached hydrogens (tertiary/aromatic N) is 3. The number of amides is 2. The summed E-state index contributed by atoms with van der Waals surface area (Å²) in [5, 5.41) is 3.62. The molecule has 3 aliphatic rings. The van der Waals surface area contributed by atoms with Gasteiger partial charge in [-0.1, -0.05) is 23.7 Å². The highest BCUT2D eigenvalue weighted by atomic mass is 35.5. The number of hydrogen-bond donors (Lipinski definition) is 1. The zero-order chi connectivity index (χ0) is 23.5. The summed E-state index contributed by atoms with van der Waals surface area (Å²) in [6.45, 7) is 6.25. The van der Waals surface area contributed by atoms with E-state index in [9.17, 15) is 9.59 Å². The van der Waals surface area contributed by atoms with Gasteiger partial charge in [-0.3, -0.25) is 9.59 Å². The monoisotopic (exact) mass is 484 g/mol. The Labute approximate surface area is 204 Å². The summed E-state index contributed by atoms with van der Waals surface area (Å²) in [7, 11) is 0. The van der Waals surface area contributed by atoms with Crippen molar-refractivity contribution in [1.29, 1.82) is 0 Å². The Hall–Kier alpha value is -2.81. The Morgan fingerprint density at radius 1 is 0.912 bits per heavy atom. The predicted octanol–water partition coefficient (Wildman–Crippen LogP) is 3.00. The van der Waals surface area contributed by atoms with E-state index in [-0.39, 0.29) is 18.2 Å². The molecule has 9 heteroatoms. The lowest BCUT2D eigenvalue weighted by Gasteiger charge is -2.33. The first kappa shape index (κ1) is 23.0. The average Bonchev–Trinajstić information content (AvgIpc) is 3.27. The molecule has 2 aromatic rings. The van der Waals surface area contributed by atoms with Crippen molar-refractivity contribution in [2.75, 3.05) is 79.2 Å². The van der Waals surface area contributed by atoms with Gasteiger partial charge in [0.15, 0.2) is 0 Å². The van der Waals surface area contributed by atoms with Crippen molar-refractivity contribution < 1.29 is 19.1 Å². The highest BCUT2D eigenvalue weighted by Gasteiger charge is 2.36. The van der Waals surface area contributed by atoms with Crippen molar-refractivity contribution in [3.8, 4) is 0 Å². The molecule has 0 unspecified atom stereocenters. The van der Waals surface area contributed by atoms with Crippen LogP contribution in [0.25, 0.3) is 0 Å². The third-order valence-corrected chi connectivity index (χ3v) is 6.93. The minimum Gasteiger partial charge on any atom is -0.378 e. The number of carbonyl (C=O) groups is 2. The van der Waals surface area contributed by atoms with E-state index in [0.29, 0.717) is 43.7 Å². The third-order valence-electron chi connectivity index (χ3n) is 6.61. The molecule has 0 spiro atoms. The molecule has 8 nitrogen and oxygen atoms in total. The fourth-order valence-electron chi connectivity index (χ4n) is 4.73. The smallest absolute Gasteiger partial charge is 0.229 e. The van der Waals surface area contributed by atoms with Gasteiger partial charge in [-0.15, -0.1) is 0 Å². The lowest BCUT2D eigenvalue weighted by atomic mass is 10.1. The molecule has 0 saturated carbocycles. The molecule has 0 radical (unpaired) electrons. The maximum atomic E-state index is 13.3. The molecule has 2 amide bonds. The van der Waals surface area contributed by atoms with E-state index in [1.54, 1.807) is 17.0 Å². The number of benzene rings is 2. The van der Waals surface area contributed by atoms with Gasteiger partial charge in [0.05, 0.1) is 54.4 Å². The Bertz CT molecular complexity index is 1050. The standard InChI is InChI=1S/C25H29ClN4O4/c26-20-3-1-2-4-22(20)30-17-18(15-24(30)31)25(32)27-21-6-5-19(28-7-11-33-12-8-28)16-23(21)29-9-13-34-14-10-29/h1-6,16,18H,7-15,17H2,(H,27,32)/t18-/m1/s1. The first-order chi connectivity index (χ1) is 16.6. The first-order valence-corrected chi connectivity index (χ1v) is 12.1. The van der Waals surface area contributed by atoms with Crippen molar-refractivity contribution in [3.63, 3.8) is 0 Å². The SMILES string of the molecule is O=C(Nc1ccc(N2CCOCC2)cc1N1CCOCC1)[C@@H]1CC(=O)N(c2ccccc2Cl)C1. The summed E-state index contributed by atoms with van der Waals surface area (Å²) in [5.41, 5.74) is 3.50. The van der Waals surface area contributed by atoms with E-state index >= 15 is 0 Å². The highest BCUT2D eigenvalue weighted by molar-refractivity contribution is 6.34. The van der Waals surface area contributed by atoms with Gasteiger partial charge in [-0.05, 0) is 30.3 Å². The fourth-order valence-corrected chi connectivity index (χ4v) is 4.97. The van der Waals surface area contributed by atoms with Crippen LogP contribution in [0.2, 0.25) is 5.02 Å². The summed E-state index contributed by atoms with van der Waals surface area (Å²) in [5.74, 6) is -0.693. The van der Waals surface area contributed by atoms with Gasteiger partial charge in [0, 0.05) is 44.8 Å². The van der Waals surface area contributed by atoms with Crippen LogP contribution >= 0.6 is 11.6 Å². The molecular formula is C25H29ClN4O4. The molecule has 3 heterocycles. The second kappa shape index (κ2) is 10.2. The number of carbonyl (C=O) groups excluding carboxylic acids is 2. The van der Waals surface area contributed by atoms with Crippen LogP contribution in [0.5, 0.6) is 0 Å². The van der Waals surface area contributed by atoms with Gasteiger partial charge >= 0.3 is 0 Å². The number of ether oxygens (including phenoxy) is 2. The van der Waals surface area contributed by atoms with Gasteiger partial charge < -0.3 is 29.5 Å². The Kier molecular flexibility index (Phi) is 6.89. The molecule has 2 aromatic carbocycles. The molecule has 34 heavy (non-hydrogen) atoms. The van der Waals surface area contributed by atoms with Crippen LogP contribution in [0.15, 0.2) is 42.5 Å². The molecule has 3 saturated heterocycles. The van der Waals surface area contributed by atoms with Crippen LogP contribution in [-0.2, 0) is 19.1 Å². The van der Waals surface area contributed by atoms with Crippen LogP contribution in [0.1, 0.15) is 6.42 Å². The summed E-state index contributed by atoms with van der Waals surface area (Å²) >= 11 is 6.29. The van der Waals surface area contributed by atoms with E-state index in [4.69, 9.17) is 21.1 Å². The average molecular weight is 485 g/mol. The van der Waals surface area contributed by atoms with Crippen molar-refractivity contribution in [2.45, 2.75) is 6.42 Å². The van der Waals surface area contributed by atoms with Crippen LogP contribution in [-0.4, -0.2) is 71.0 Å². The van der Waals surface area contributed by atoms with Gasteiger partial charge in [0.25, 0.3) is 0 Å². The van der Waals surface area contributed by atoms with E-state index in [0.717, 1.165) is 43.2 Å². The predicted molar refractivity (Wildman–Crippen MR) is 133 cm³/mol. The third kappa shape index (κ3) is 4.85. The van der Waals surface area contributed by atoms with Crippen molar-refractivity contribution in [2.24, 2.45) is 5.92 Å². The van der Waals surface area contributed by atoms with Gasteiger partial charge in [0.2, 0.25) is 11.8 Å². The lowest BCUT2D eigenvalue weighted by Crippen LogP contribution is -2.38. The molecule has 5 rings (SSSR count). The van der Waals surface area contributed by atoms with E-state index in [1.807, 2.05) is 24.3 Å². The zero-order valence-corrected chi connectivity index (χ0v) is 19.8. The molecule has 1 N–H and O–H groups in total. The Morgan fingerprint density at radius 3 is 2.29 bits per heavy atom. The van der Waals surface area contributed by atoms with Crippen molar-refractivity contribution >= 4 is 46.2 Å². The van der Waals surface area contributed by atoms with E-state index < -0.39 is 5.92 Å². The van der Waals surface area contributed by atoms with Crippen molar-refractivity contribution in [1.82, 2.24) is 0 Å². The summed E-state index contributed by atoms with van der Waals surface area (Å²) in [6.07, 6.45) is 0.163. The molecular weight excluding hydrogens is 456 g/mol. The Morgan fingerprint density at radius 2 is 1.59 bits per heavy atom. The van der Waals surface area contributed by atoms with E-state index in [2.05, 4.69) is 21.2 Å². The molecule has 0 aliphatic carbocycles. The molecule has 180 valence electrons. The van der Waals surface area contributed by atoms with E-state index in [1.165, 1.54) is 0 Å². The topological polar surface area (TPSA) is 74.4 Å². The van der Waals surface area contributed by atoms with Crippen LogP contribution in [0.4, 0.5) is 22.7 Å². The molecule has 0 bridgehead atoms. The summed E-state index contributed by atoms with van der Waals surface area (Å²) in [4.78, 5) is 32.1. The van der Waals surface area contributed by atoms with Gasteiger partial charge in [0.1, 0.15) is 0 Å². The first-order valence-electron chi connectivity index (χ1n) is 11.8. The second-order valence-electron chi connectivity index (χ2n) is 8.75. The molecule has 1 atom stereocenters. The molecule has 3 aliphatic heterocycles. The number of rotatable bonds is 5. The minimum absolute atomic E-state index is 0.0932. The number of nitrogens with one attached hydrogen (secondary N) is 1. The maximum absolute atomic E-state index is 13.3. The van der Waals surface area contributed by atoms with Crippen molar-refractivity contribution in [3.05, 3.63) is 47.5 Å². The zero-order valence-electron chi connectivity index (χ0n) is 19.0. The number of para-hydroxylation sites is 1. The minimum atomic E-state index is -0.444. The maximum Gasteiger partial charge on any atom is 0.229 e. The second-order valence-corrected chi connectivity index (χ2v) is 9.15. The lowest BCUT2D eigenvalue weighted by molar-refractivity contribution is -0.122. The normalized spacial score (nSPS) is 21.1. The summed E-state index contributed by atoms with van der Waals surface area (Å²) < 4.78 is 11.0. The van der Waals surface area contributed by atoms with Gasteiger partial charge in [-0.2, -0.15) is 0 Å². The van der Waals surface area contributed by atoms with Crippen LogP contribution in [0, 0.1) is 5.92 Å². The Balaban J connectivity index is 1.35. The quantitative estimate of drug-likeness (QED) is 0.703. The highest BCUT2D eigenvalue weighted by Crippen LogP contribution is 2.35.